The van der Waals surface area contributed by atoms with Crippen LogP contribution in [0.5, 0.6) is 0 Å². The van der Waals surface area contributed by atoms with Gasteiger partial charge < -0.3 is 9.64 Å². The first-order valence-corrected chi connectivity index (χ1v) is 8.85. The van der Waals surface area contributed by atoms with Crippen LogP contribution in [0, 0.1) is 5.92 Å². The van der Waals surface area contributed by atoms with Gasteiger partial charge in [0.15, 0.2) is 0 Å². The van der Waals surface area contributed by atoms with E-state index in [9.17, 15) is 4.79 Å². The summed E-state index contributed by atoms with van der Waals surface area (Å²) >= 11 is 0. The van der Waals surface area contributed by atoms with E-state index in [0.717, 1.165) is 38.2 Å². The average Bonchev–Trinajstić information content (AvgIpc) is 2.53. The average molecular weight is 333 g/mol. The highest BCUT2D eigenvalue weighted by molar-refractivity contribution is 5.68. The molecule has 0 aliphatic carbocycles. The van der Waals surface area contributed by atoms with Crippen molar-refractivity contribution in [1.82, 2.24) is 14.8 Å². The number of likely N-dealkylation sites (tertiary alicyclic amines) is 1. The lowest BCUT2D eigenvalue weighted by Gasteiger charge is -2.36. The van der Waals surface area contributed by atoms with Crippen LogP contribution in [0.25, 0.3) is 0 Å². The zero-order valence-electron chi connectivity index (χ0n) is 15.7. The van der Waals surface area contributed by atoms with E-state index < -0.39 is 5.60 Å². The molecule has 0 spiro atoms. The fraction of sp³-hybridized carbons (Fsp3) is 0.684. The molecule has 0 aromatic carbocycles. The van der Waals surface area contributed by atoms with E-state index in [1.807, 2.05) is 44.0 Å². The van der Waals surface area contributed by atoms with Crippen LogP contribution in [-0.4, -0.2) is 53.2 Å². The predicted molar refractivity (Wildman–Crippen MR) is 95.8 cm³/mol. The summed E-state index contributed by atoms with van der Waals surface area (Å²) in [6, 6.07) is 6.30. The summed E-state index contributed by atoms with van der Waals surface area (Å²) in [6.07, 6.45) is 3.84. The van der Waals surface area contributed by atoms with Gasteiger partial charge in [-0.05, 0) is 65.6 Å². The molecule has 1 saturated heterocycles. The van der Waals surface area contributed by atoms with Gasteiger partial charge in [-0.2, -0.15) is 0 Å². The first-order valence-electron chi connectivity index (χ1n) is 8.85. The van der Waals surface area contributed by atoms with E-state index in [1.165, 1.54) is 0 Å². The van der Waals surface area contributed by atoms with Crippen LogP contribution in [-0.2, 0) is 4.74 Å². The second-order valence-electron chi connectivity index (χ2n) is 7.80. The van der Waals surface area contributed by atoms with Crippen LogP contribution in [0.4, 0.5) is 4.79 Å². The van der Waals surface area contributed by atoms with Gasteiger partial charge in [0, 0.05) is 31.9 Å². The molecule has 24 heavy (non-hydrogen) atoms. The summed E-state index contributed by atoms with van der Waals surface area (Å²) in [4.78, 5) is 20.9. The zero-order chi connectivity index (χ0) is 17.7. The lowest BCUT2D eigenvalue weighted by Crippen LogP contribution is -2.45. The first-order chi connectivity index (χ1) is 11.3. The molecule has 1 amide bonds. The Hall–Kier alpha value is -1.62. The molecular formula is C19H31N3O2. The highest BCUT2D eigenvalue weighted by Crippen LogP contribution is 2.23. The van der Waals surface area contributed by atoms with Crippen LogP contribution in [0.1, 0.15) is 52.3 Å². The molecule has 1 aromatic heterocycles. The molecule has 0 unspecified atom stereocenters. The molecule has 134 valence electrons. The summed E-state index contributed by atoms with van der Waals surface area (Å²) in [5.41, 5.74) is 0.647. The number of nitrogens with zero attached hydrogens (tertiary/aromatic N) is 3. The third kappa shape index (κ3) is 5.48. The van der Waals surface area contributed by atoms with Gasteiger partial charge >= 0.3 is 6.09 Å². The molecule has 0 saturated carbocycles. The number of ether oxygens (including phenoxy) is 1. The Morgan fingerprint density at radius 3 is 2.83 bits per heavy atom. The molecule has 1 aliphatic heterocycles. The first kappa shape index (κ1) is 18.7. The normalized spacial score (nSPS) is 20.1. The molecule has 0 bridgehead atoms. The number of hydrogen-bond acceptors (Lipinski definition) is 4. The number of carbonyl (C=O) groups excluding carboxylic acids is 1. The molecule has 2 atom stereocenters. The van der Waals surface area contributed by atoms with E-state index in [1.54, 1.807) is 0 Å². The van der Waals surface area contributed by atoms with Crippen molar-refractivity contribution in [2.24, 2.45) is 5.92 Å². The van der Waals surface area contributed by atoms with E-state index in [4.69, 9.17) is 4.74 Å². The second-order valence-corrected chi connectivity index (χ2v) is 7.80. The molecule has 2 heterocycles. The number of piperidine rings is 1. The van der Waals surface area contributed by atoms with Crippen molar-refractivity contribution in [3.63, 3.8) is 0 Å². The molecule has 0 N–H and O–H groups in total. The molecular weight excluding hydrogens is 302 g/mol. The second kappa shape index (κ2) is 7.97. The van der Waals surface area contributed by atoms with Crippen LogP contribution < -0.4 is 0 Å². The van der Waals surface area contributed by atoms with Crippen molar-refractivity contribution in [2.75, 3.05) is 26.7 Å². The smallest absolute Gasteiger partial charge is 0.410 e. The number of carbonyl (C=O) groups is 1. The van der Waals surface area contributed by atoms with Crippen LogP contribution in [0.15, 0.2) is 24.4 Å². The summed E-state index contributed by atoms with van der Waals surface area (Å²) in [5, 5.41) is 0. The number of rotatable bonds is 4. The Kier molecular flexibility index (Phi) is 6.21. The van der Waals surface area contributed by atoms with Gasteiger partial charge in [-0.25, -0.2) is 4.79 Å². The lowest BCUT2D eigenvalue weighted by molar-refractivity contribution is 0.0142. The largest absolute Gasteiger partial charge is 0.444 e. The van der Waals surface area contributed by atoms with Crippen molar-refractivity contribution in [3.05, 3.63) is 30.1 Å². The third-order valence-electron chi connectivity index (χ3n) is 4.49. The maximum absolute atomic E-state index is 12.3. The fourth-order valence-corrected chi connectivity index (χ4v) is 3.12. The molecule has 0 radical (unpaired) electrons. The Bertz CT molecular complexity index is 527. The SMILES string of the molecule is C[C@H](c1ccccn1)N(C)C[C@@H]1CCCN(C(=O)OC(C)(C)C)C1. The maximum Gasteiger partial charge on any atom is 0.410 e. The number of hydrogen-bond donors (Lipinski definition) is 0. The quantitative estimate of drug-likeness (QED) is 0.842. The minimum Gasteiger partial charge on any atom is -0.444 e. The molecule has 1 aliphatic rings. The Morgan fingerprint density at radius 2 is 2.21 bits per heavy atom. The van der Waals surface area contributed by atoms with Crippen molar-refractivity contribution < 1.29 is 9.53 Å². The third-order valence-corrected chi connectivity index (χ3v) is 4.49. The predicted octanol–water partition coefficient (Wildman–Crippen LogP) is 3.72. The highest BCUT2D eigenvalue weighted by atomic mass is 16.6. The molecule has 2 rings (SSSR count). The van der Waals surface area contributed by atoms with Gasteiger partial charge in [-0.15, -0.1) is 0 Å². The van der Waals surface area contributed by atoms with E-state index >= 15 is 0 Å². The zero-order valence-corrected chi connectivity index (χ0v) is 15.7. The van der Waals surface area contributed by atoms with Gasteiger partial charge in [0.1, 0.15) is 5.60 Å². The van der Waals surface area contributed by atoms with Gasteiger partial charge in [0.2, 0.25) is 0 Å². The summed E-state index contributed by atoms with van der Waals surface area (Å²) in [5.74, 6) is 0.474. The topological polar surface area (TPSA) is 45.7 Å². The summed E-state index contributed by atoms with van der Waals surface area (Å²) < 4.78 is 5.51. The van der Waals surface area contributed by atoms with E-state index in [0.29, 0.717) is 5.92 Å². The van der Waals surface area contributed by atoms with Crippen molar-refractivity contribution in [2.45, 2.75) is 52.2 Å². The minimum atomic E-state index is -0.436. The van der Waals surface area contributed by atoms with Gasteiger partial charge in [0.25, 0.3) is 0 Å². The van der Waals surface area contributed by atoms with Gasteiger partial charge in [-0.3, -0.25) is 9.88 Å². The monoisotopic (exact) mass is 333 g/mol. The summed E-state index contributed by atoms with van der Waals surface area (Å²) in [7, 11) is 2.13. The highest BCUT2D eigenvalue weighted by Gasteiger charge is 2.28. The van der Waals surface area contributed by atoms with Crippen molar-refractivity contribution >= 4 is 6.09 Å². The lowest BCUT2D eigenvalue weighted by atomic mass is 9.97. The Balaban J connectivity index is 1.89. The molecule has 1 aromatic rings. The van der Waals surface area contributed by atoms with Crippen LogP contribution in [0.2, 0.25) is 0 Å². The molecule has 5 heteroatoms. The van der Waals surface area contributed by atoms with Crippen molar-refractivity contribution in [1.29, 1.82) is 0 Å². The van der Waals surface area contributed by atoms with Gasteiger partial charge in [-0.1, -0.05) is 6.07 Å². The van der Waals surface area contributed by atoms with Crippen molar-refractivity contribution in [3.8, 4) is 0 Å². The molecule has 1 fully saturated rings. The molecule has 5 nitrogen and oxygen atoms in total. The number of pyridine rings is 1. The maximum atomic E-state index is 12.3. The van der Waals surface area contributed by atoms with Crippen LogP contribution >= 0.6 is 0 Å². The van der Waals surface area contributed by atoms with E-state index in [-0.39, 0.29) is 12.1 Å². The minimum absolute atomic E-state index is 0.187. The Labute approximate surface area is 146 Å². The summed E-state index contributed by atoms with van der Waals surface area (Å²) in [6.45, 7) is 10.4. The van der Waals surface area contributed by atoms with E-state index in [2.05, 4.69) is 29.9 Å². The standard InChI is InChI=1S/C19H31N3O2/c1-15(17-10-6-7-11-20-17)21(5)13-16-9-8-12-22(14-16)18(23)24-19(2,3)4/h6-7,10-11,15-16H,8-9,12-14H2,1-5H3/t15-,16+/m1/s1. The van der Waals surface area contributed by atoms with Gasteiger partial charge in [0.05, 0.1) is 5.69 Å². The Morgan fingerprint density at radius 1 is 1.46 bits per heavy atom. The number of aromatic nitrogens is 1. The van der Waals surface area contributed by atoms with Crippen LogP contribution in [0.3, 0.4) is 0 Å². The fourth-order valence-electron chi connectivity index (χ4n) is 3.12. The number of amides is 1.